The molecule has 0 aliphatic heterocycles. The van der Waals surface area contributed by atoms with Crippen LogP contribution >= 0.6 is 22.9 Å². The Balaban J connectivity index is 1.81. The fourth-order valence-corrected chi connectivity index (χ4v) is 2.95. The highest BCUT2D eigenvalue weighted by molar-refractivity contribution is 7.09. The van der Waals surface area contributed by atoms with Gasteiger partial charge in [0.15, 0.2) is 5.96 Å². The molecule has 0 atom stereocenters. The number of thiophene rings is 1. The fourth-order valence-electron chi connectivity index (χ4n) is 2.08. The molecule has 7 heteroatoms. The Morgan fingerprint density at radius 2 is 2.29 bits per heavy atom. The van der Waals surface area contributed by atoms with E-state index < -0.39 is 0 Å². The summed E-state index contributed by atoms with van der Waals surface area (Å²) in [6.07, 6.45) is 2.67. The summed E-state index contributed by atoms with van der Waals surface area (Å²) >= 11 is 7.80. The Bertz CT molecular complexity index is 633. The first kappa shape index (κ1) is 18.5. The van der Waals surface area contributed by atoms with Crippen molar-refractivity contribution in [2.45, 2.75) is 13.3 Å². The molecule has 0 aromatic carbocycles. The third-order valence-corrected chi connectivity index (χ3v) is 4.51. The van der Waals surface area contributed by atoms with E-state index in [1.165, 1.54) is 4.88 Å². The lowest BCUT2D eigenvalue weighted by Crippen LogP contribution is -2.40. The number of hydrogen-bond donors (Lipinski definition) is 1. The summed E-state index contributed by atoms with van der Waals surface area (Å²) in [4.78, 5) is 12.2. The molecular weight excluding hydrogens is 344 g/mol. The number of guanidine groups is 1. The molecule has 0 bridgehead atoms. The molecule has 0 fully saturated rings. The van der Waals surface area contributed by atoms with Crippen LogP contribution in [-0.4, -0.2) is 49.1 Å². The lowest BCUT2D eigenvalue weighted by molar-refractivity contribution is 0.315. The van der Waals surface area contributed by atoms with E-state index >= 15 is 0 Å². The van der Waals surface area contributed by atoms with Gasteiger partial charge in [-0.2, -0.15) is 0 Å². The van der Waals surface area contributed by atoms with Gasteiger partial charge in [-0.05, 0) is 36.9 Å². The van der Waals surface area contributed by atoms with Crippen LogP contribution in [0.4, 0.5) is 0 Å². The van der Waals surface area contributed by atoms with Gasteiger partial charge in [-0.1, -0.05) is 17.7 Å². The Hall–Kier alpha value is -1.79. The third-order valence-electron chi connectivity index (χ3n) is 3.29. The molecule has 0 saturated heterocycles. The Morgan fingerprint density at radius 3 is 3.00 bits per heavy atom. The van der Waals surface area contributed by atoms with Gasteiger partial charge in [-0.15, -0.1) is 11.3 Å². The van der Waals surface area contributed by atoms with Gasteiger partial charge in [0, 0.05) is 31.2 Å². The van der Waals surface area contributed by atoms with E-state index in [1.54, 1.807) is 29.7 Å². The largest absolute Gasteiger partial charge is 0.475 e. The van der Waals surface area contributed by atoms with Crippen molar-refractivity contribution in [2.24, 2.45) is 4.99 Å². The normalized spacial score (nSPS) is 11.4. The van der Waals surface area contributed by atoms with Gasteiger partial charge < -0.3 is 15.0 Å². The smallest absolute Gasteiger partial charge is 0.232 e. The van der Waals surface area contributed by atoms with Gasteiger partial charge in [0.2, 0.25) is 5.88 Å². The molecule has 0 radical (unpaired) electrons. The number of nitrogens with one attached hydrogen (secondary N) is 1. The van der Waals surface area contributed by atoms with Crippen LogP contribution in [0.25, 0.3) is 0 Å². The van der Waals surface area contributed by atoms with Crippen LogP contribution in [-0.2, 0) is 6.42 Å². The van der Waals surface area contributed by atoms with Gasteiger partial charge in [-0.25, -0.2) is 9.98 Å². The van der Waals surface area contributed by atoms with Crippen molar-refractivity contribution in [2.75, 3.05) is 33.3 Å². The second-order valence-corrected chi connectivity index (χ2v) is 6.56. The van der Waals surface area contributed by atoms with Crippen LogP contribution in [0.5, 0.6) is 5.88 Å². The quantitative estimate of drug-likeness (QED) is 0.442. The number of aromatic nitrogens is 1. The van der Waals surface area contributed by atoms with Crippen LogP contribution in [0.15, 0.2) is 40.8 Å². The number of likely N-dealkylation sites (N-methyl/N-ethyl adjacent to an activating group) is 1. The summed E-state index contributed by atoms with van der Waals surface area (Å²) in [6.45, 7) is 4.78. The monoisotopic (exact) mass is 366 g/mol. The molecule has 2 heterocycles. The first-order valence-corrected chi connectivity index (χ1v) is 9.21. The zero-order valence-corrected chi connectivity index (χ0v) is 15.6. The number of hydrogen-bond acceptors (Lipinski definition) is 4. The number of halogens is 1. The molecule has 0 spiro atoms. The van der Waals surface area contributed by atoms with Crippen molar-refractivity contribution in [1.29, 1.82) is 0 Å². The van der Waals surface area contributed by atoms with Gasteiger partial charge in [0.1, 0.15) is 11.6 Å². The highest BCUT2D eigenvalue weighted by atomic mass is 35.5. The second kappa shape index (κ2) is 10.2. The number of ether oxygens (including phenoxy) is 1. The Labute approximate surface area is 152 Å². The molecule has 2 aromatic heterocycles. The van der Waals surface area contributed by atoms with Crippen molar-refractivity contribution in [3.8, 4) is 5.88 Å². The molecule has 0 saturated carbocycles. The van der Waals surface area contributed by atoms with E-state index in [9.17, 15) is 0 Å². The topological polar surface area (TPSA) is 49.8 Å². The first-order chi connectivity index (χ1) is 11.7. The van der Waals surface area contributed by atoms with Gasteiger partial charge in [-0.3, -0.25) is 0 Å². The predicted molar refractivity (Wildman–Crippen MR) is 101 cm³/mol. The summed E-state index contributed by atoms with van der Waals surface area (Å²) in [7, 11) is 2.05. The lowest BCUT2D eigenvalue weighted by atomic mass is 10.3. The minimum atomic E-state index is 0.435. The van der Waals surface area contributed by atoms with E-state index in [0.29, 0.717) is 24.1 Å². The summed E-state index contributed by atoms with van der Waals surface area (Å²) in [5.41, 5.74) is 0. The van der Waals surface area contributed by atoms with Crippen molar-refractivity contribution >= 4 is 28.9 Å². The maximum atomic E-state index is 6.01. The zero-order chi connectivity index (χ0) is 17.2. The van der Waals surface area contributed by atoms with Crippen LogP contribution in [0.1, 0.15) is 11.8 Å². The molecule has 0 aliphatic rings. The van der Waals surface area contributed by atoms with E-state index in [4.69, 9.17) is 16.3 Å². The number of nitrogens with zero attached hydrogens (tertiary/aromatic N) is 3. The van der Waals surface area contributed by atoms with E-state index in [1.807, 2.05) is 7.05 Å². The minimum absolute atomic E-state index is 0.435. The maximum absolute atomic E-state index is 6.01. The summed E-state index contributed by atoms with van der Waals surface area (Å²) in [6, 6.07) is 7.78. The number of aliphatic imine (C=N–C) groups is 1. The Morgan fingerprint density at radius 1 is 1.42 bits per heavy atom. The van der Waals surface area contributed by atoms with Crippen LogP contribution in [0, 0.1) is 0 Å². The maximum Gasteiger partial charge on any atom is 0.232 e. The average molecular weight is 367 g/mol. The molecule has 0 aliphatic carbocycles. The number of pyridine rings is 1. The molecule has 2 rings (SSSR count). The lowest BCUT2D eigenvalue weighted by Gasteiger charge is -2.21. The highest BCUT2D eigenvalue weighted by Crippen LogP contribution is 2.19. The summed E-state index contributed by atoms with van der Waals surface area (Å²) in [5, 5.41) is 5.93. The van der Waals surface area contributed by atoms with E-state index in [0.717, 1.165) is 25.5 Å². The highest BCUT2D eigenvalue weighted by Gasteiger charge is 2.06. The zero-order valence-electron chi connectivity index (χ0n) is 14.0. The molecule has 24 heavy (non-hydrogen) atoms. The molecule has 1 N–H and O–H groups in total. The number of rotatable bonds is 8. The standard InChI is InChI=1S/C17H23ClN4OS/c1-3-19-17(22(2)11-8-14-6-5-13-24-14)21-10-12-23-16-15(18)7-4-9-20-16/h4-7,9,13H,3,8,10-12H2,1-2H3,(H,19,21). The van der Waals surface area contributed by atoms with Crippen molar-refractivity contribution in [3.63, 3.8) is 0 Å². The van der Waals surface area contributed by atoms with Crippen LogP contribution < -0.4 is 10.1 Å². The van der Waals surface area contributed by atoms with E-state index in [2.05, 4.69) is 44.6 Å². The Kier molecular flexibility index (Phi) is 7.85. The summed E-state index contributed by atoms with van der Waals surface area (Å²) in [5.74, 6) is 1.33. The van der Waals surface area contributed by atoms with Gasteiger partial charge in [0.05, 0.1) is 6.54 Å². The van der Waals surface area contributed by atoms with Crippen molar-refractivity contribution in [3.05, 3.63) is 45.7 Å². The fraction of sp³-hybridized carbons (Fsp3) is 0.412. The average Bonchev–Trinajstić information content (AvgIpc) is 3.10. The summed E-state index contributed by atoms with van der Waals surface area (Å²) < 4.78 is 5.57. The third kappa shape index (κ3) is 6.02. The second-order valence-electron chi connectivity index (χ2n) is 5.13. The molecule has 5 nitrogen and oxygen atoms in total. The minimum Gasteiger partial charge on any atom is -0.475 e. The molecular formula is C17H23ClN4OS. The van der Waals surface area contributed by atoms with Crippen LogP contribution in [0.3, 0.4) is 0 Å². The predicted octanol–water partition coefficient (Wildman–Crippen LogP) is 3.32. The van der Waals surface area contributed by atoms with Crippen molar-refractivity contribution in [1.82, 2.24) is 15.2 Å². The molecule has 2 aromatic rings. The van der Waals surface area contributed by atoms with Crippen molar-refractivity contribution < 1.29 is 4.74 Å². The van der Waals surface area contributed by atoms with Gasteiger partial charge in [0.25, 0.3) is 0 Å². The SMILES string of the molecule is CCNC(=NCCOc1ncccc1Cl)N(C)CCc1cccs1. The van der Waals surface area contributed by atoms with E-state index in [-0.39, 0.29) is 0 Å². The van der Waals surface area contributed by atoms with Gasteiger partial charge >= 0.3 is 0 Å². The molecule has 130 valence electrons. The molecule has 0 unspecified atom stereocenters. The first-order valence-electron chi connectivity index (χ1n) is 7.96. The van der Waals surface area contributed by atoms with Crippen LogP contribution in [0.2, 0.25) is 5.02 Å². The molecule has 0 amide bonds.